The van der Waals surface area contributed by atoms with E-state index in [1.807, 2.05) is 31.2 Å². The molecule has 1 atom stereocenters. The maximum atomic E-state index is 12.3. The number of rotatable bonds is 5. The van der Waals surface area contributed by atoms with E-state index in [0.717, 1.165) is 22.9 Å². The van der Waals surface area contributed by atoms with Gasteiger partial charge in [-0.15, -0.1) is 0 Å². The lowest BCUT2D eigenvalue weighted by Crippen LogP contribution is -2.31. The fraction of sp³-hybridized carbons (Fsp3) is 0.190. The molecule has 0 radical (unpaired) electrons. The molecule has 148 valence electrons. The molecule has 1 aliphatic heterocycles. The van der Waals surface area contributed by atoms with E-state index >= 15 is 0 Å². The molecule has 0 aromatic heterocycles. The summed E-state index contributed by atoms with van der Waals surface area (Å²) in [5, 5.41) is 16.3. The monoisotopic (exact) mass is 445 g/mol. The summed E-state index contributed by atoms with van der Waals surface area (Å²) in [5.41, 5.74) is 2.98. The Morgan fingerprint density at radius 1 is 1.24 bits per heavy atom. The van der Waals surface area contributed by atoms with Gasteiger partial charge < -0.3 is 10.6 Å². The number of nitrogens with zero attached hydrogens (tertiary/aromatic N) is 1. The molecule has 29 heavy (non-hydrogen) atoms. The third-order valence-corrected chi connectivity index (χ3v) is 6.14. The van der Waals surface area contributed by atoms with E-state index in [9.17, 15) is 14.9 Å². The number of thioether (sulfide) groups is 1. The van der Waals surface area contributed by atoms with E-state index in [0.29, 0.717) is 26.3 Å². The van der Waals surface area contributed by atoms with Gasteiger partial charge >= 0.3 is 0 Å². The number of hydrogen-bond donors (Lipinski definition) is 2. The first-order valence-electron chi connectivity index (χ1n) is 8.75. The van der Waals surface area contributed by atoms with Crippen molar-refractivity contribution >= 4 is 52.5 Å². The Bertz CT molecular complexity index is 1030. The Hall–Kier alpha value is -2.46. The largest absolute Gasteiger partial charge is 0.325 e. The van der Waals surface area contributed by atoms with Crippen molar-refractivity contribution in [3.63, 3.8) is 0 Å². The lowest BCUT2D eigenvalue weighted by Gasteiger charge is -2.25. The molecule has 1 heterocycles. The molecule has 2 N–H and O–H groups in total. The van der Waals surface area contributed by atoms with E-state index in [-0.39, 0.29) is 29.9 Å². The van der Waals surface area contributed by atoms with Gasteiger partial charge in [-0.1, -0.05) is 64.8 Å². The van der Waals surface area contributed by atoms with Gasteiger partial charge in [0.15, 0.2) is 0 Å². The second kappa shape index (κ2) is 9.36. The Morgan fingerprint density at radius 3 is 2.62 bits per heavy atom. The second-order valence-electron chi connectivity index (χ2n) is 6.54. The van der Waals surface area contributed by atoms with Gasteiger partial charge in [-0.2, -0.15) is 5.26 Å². The molecular formula is C21H17Cl2N3O2S. The van der Waals surface area contributed by atoms with Crippen LogP contribution in [0, 0.1) is 18.3 Å². The summed E-state index contributed by atoms with van der Waals surface area (Å²) in [7, 11) is 0. The highest BCUT2D eigenvalue weighted by atomic mass is 35.5. The predicted octanol–water partition coefficient (Wildman–Crippen LogP) is 5.01. The van der Waals surface area contributed by atoms with Crippen LogP contribution in [0.25, 0.3) is 0 Å². The highest BCUT2D eigenvalue weighted by Gasteiger charge is 2.29. The average molecular weight is 446 g/mol. The Morgan fingerprint density at radius 2 is 1.97 bits per heavy atom. The molecule has 0 spiro atoms. The van der Waals surface area contributed by atoms with Crippen LogP contribution >= 0.6 is 35.0 Å². The fourth-order valence-corrected chi connectivity index (χ4v) is 4.10. The lowest BCUT2D eigenvalue weighted by molar-refractivity contribution is -0.121. The van der Waals surface area contributed by atoms with Gasteiger partial charge in [0.25, 0.3) is 0 Å². The zero-order valence-corrected chi connectivity index (χ0v) is 17.8. The smallest absolute Gasteiger partial charge is 0.234 e. The number of aryl methyl sites for hydroxylation is 1. The van der Waals surface area contributed by atoms with Crippen molar-refractivity contribution in [3.8, 4) is 6.07 Å². The first kappa shape index (κ1) is 21.3. The number of carbonyl (C=O) groups excluding carboxylic acids is 2. The first-order chi connectivity index (χ1) is 13.9. The minimum Gasteiger partial charge on any atom is -0.325 e. The van der Waals surface area contributed by atoms with Gasteiger partial charge in [0, 0.05) is 18.0 Å². The van der Waals surface area contributed by atoms with Crippen molar-refractivity contribution in [2.24, 2.45) is 0 Å². The molecule has 8 heteroatoms. The number of allylic oxidation sites excluding steroid dienone is 1. The van der Waals surface area contributed by atoms with Crippen molar-refractivity contribution < 1.29 is 9.59 Å². The molecule has 2 aromatic rings. The van der Waals surface area contributed by atoms with Crippen LogP contribution in [-0.2, 0) is 9.59 Å². The molecule has 0 saturated carbocycles. The van der Waals surface area contributed by atoms with Crippen molar-refractivity contribution in [2.75, 3.05) is 11.1 Å². The average Bonchev–Trinajstić information content (AvgIpc) is 2.69. The summed E-state index contributed by atoms with van der Waals surface area (Å²) in [6.45, 7) is 1.98. The van der Waals surface area contributed by atoms with E-state index < -0.39 is 0 Å². The van der Waals surface area contributed by atoms with Crippen LogP contribution in [0.4, 0.5) is 5.69 Å². The summed E-state index contributed by atoms with van der Waals surface area (Å²) in [4.78, 5) is 24.5. The van der Waals surface area contributed by atoms with Crippen LogP contribution in [0.1, 0.15) is 23.5 Å². The Kier molecular flexibility index (Phi) is 6.86. The fourth-order valence-electron chi connectivity index (χ4n) is 2.93. The third-order valence-electron chi connectivity index (χ3n) is 4.39. The third kappa shape index (κ3) is 5.33. The van der Waals surface area contributed by atoms with Crippen LogP contribution in [0.5, 0.6) is 0 Å². The SMILES string of the molecule is Cc1ccc([C@@H]2CC(=O)NC(SCC(=O)Nc3ccc(Cl)c(Cl)c3)=C2C#N)cc1. The maximum Gasteiger partial charge on any atom is 0.234 e. The molecule has 0 bridgehead atoms. The van der Waals surface area contributed by atoms with Gasteiger partial charge in [-0.3, -0.25) is 9.59 Å². The quantitative estimate of drug-likeness (QED) is 0.677. The number of benzene rings is 2. The van der Waals surface area contributed by atoms with Gasteiger partial charge in [-0.05, 0) is 30.7 Å². The molecule has 2 aromatic carbocycles. The van der Waals surface area contributed by atoms with E-state index in [1.165, 1.54) is 0 Å². The van der Waals surface area contributed by atoms with Gasteiger partial charge in [0.1, 0.15) is 0 Å². The highest BCUT2D eigenvalue weighted by molar-refractivity contribution is 8.03. The summed E-state index contributed by atoms with van der Waals surface area (Å²) in [5.74, 6) is -0.761. The zero-order valence-electron chi connectivity index (χ0n) is 15.5. The highest BCUT2D eigenvalue weighted by Crippen LogP contribution is 2.36. The number of carbonyl (C=O) groups is 2. The van der Waals surface area contributed by atoms with Crippen molar-refractivity contribution in [1.82, 2.24) is 5.32 Å². The topological polar surface area (TPSA) is 82.0 Å². The molecule has 1 aliphatic rings. The van der Waals surface area contributed by atoms with E-state index in [4.69, 9.17) is 23.2 Å². The first-order valence-corrected chi connectivity index (χ1v) is 10.5. The summed E-state index contributed by atoms with van der Waals surface area (Å²) < 4.78 is 0. The van der Waals surface area contributed by atoms with Crippen LogP contribution in [0.2, 0.25) is 10.0 Å². The van der Waals surface area contributed by atoms with Crippen LogP contribution in [0.3, 0.4) is 0 Å². The molecule has 0 unspecified atom stereocenters. The van der Waals surface area contributed by atoms with Crippen LogP contribution < -0.4 is 10.6 Å². The number of hydrogen-bond acceptors (Lipinski definition) is 4. The molecule has 0 fully saturated rings. The van der Waals surface area contributed by atoms with Crippen molar-refractivity contribution in [3.05, 3.63) is 74.2 Å². The van der Waals surface area contributed by atoms with E-state index in [2.05, 4.69) is 16.7 Å². The normalized spacial score (nSPS) is 16.2. The van der Waals surface area contributed by atoms with E-state index in [1.54, 1.807) is 18.2 Å². The standard InChI is InChI=1S/C21H17Cl2N3O2S/c1-12-2-4-13(5-3-12)15-9-19(27)26-21(16(15)10-24)29-11-20(28)25-14-6-7-17(22)18(23)8-14/h2-8,15H,9,11H2,1H3,(H,25,28)(H,26,27)/t15-/m0/s1. The minimum atomic E-state index is -0.324. The second-order valence-corrected chi connectivity index (χ2v) is 8.34. The van der Waals surface area contributed by atoms with Crippen LogP contribution in [0.15, 0.2) is 53.1 Å². The van der Waals surface area contributed by atoms with Crippen molar-refractivity contribution in [1.29, 1.82) is 5.26 Å². The number of halogens is 2. The maximum absolute atomic E-state index is 12.3. The summed E-state index contributed by atoms with van der Waals surface area (Å²) in [6, 6.07) is 14.8. The molecule has 2 amide bonds. The molecule has 0 saturated heterocycles. The van der Waals surface area contributed by atoms with Crippen molar-refractivity contribution in [2.45, 2.75) is 19.3 Å². The summed E-state index contributed by atoms with van der Waals surface area (Å²) in [6.07, 6.45) is 0.200. The number of nitriles is 1. The molecule has 0 aliphatic carbocycles. The number of amides is 2. The lowest BCUT2D eigenvalue weighted by atomic mass is 9.87. The van der Waals surface area contributed by atoms with Crippen LogP contribution in [-0.4, -0.2) is 17.6 Å². The van der Waals surface area contributed by atoms with Gasteiger partial charge in [-0.25, -0.2) is 0 Å². The summed E-state index contributed by atoms with van der Waals surface area (Å²) >= 11 is 13.0. The zero-order chi connectivity index (χ0) is 21.0. The predicted molar refractivity (Wildman–Crippen MR) is 117 cm³/mol. The van der Waals surface area contributed by atoms with Gasteiger partial charge in [0.05, 0.1) is 32.5 Å². The minimum absolute atomic E-state index is 0.0294. The number of nitrogens with one attached hydrogen (secondary N) is 2. The van der Waals surface area contributed by atoms with Gasteiger partial charge in [0.2, 0.25) is 11.8 Å². The molecular weight excluding hydrogens is 429 g/mol. The Labute approximate surface area is 183 Å². The Balaban J connectivity index is 1.74. The number of anilines is 1. The molecule has 5 nitrogen and oxygen atoms in total. The molecule has 3 rings (SSSR count).